The van der Waals surface area contributed by atoms with Crippen molar-refractivity contribution in [3.63, 3.8) is 0 Å². The molecule has 0 N–H and O–H groups in total. The summed E-state index contributed by atoms with van der Waals surface area (Å²) in [6.07, 6.45) is 0.964. The molecule has 0 amide bonds. The Balaban J connectivity index is 2.60. The van der Waals surface area contributed by atoms with Gasteiger partial charge < -0.3 is 9.47 Å². The van der Waals surface area contributed by atoms with Gasteiger partial charge in [0.15, 0.2) is 0 Å². The van der Waals surface area contributed by atoms with Crippen LogP contribution in [0.4, 0.5) is 0 Å². The first-order valence-electron chi connectivity index (χ1n) is 3.42. The lowest BCUT2D eigenvalue weighted by atomic mass is 10.5. The quantitative estimate of drug-likeness (QED) is 0.510. The maximum Gasteiger partial charge on any atom is 0.0835 e. The summed E-state index contributed by atoms with van der Waals surface area (Å²) in [4.78, 5) is 0. The number of ether oxygens (including phenoxy) is 2. The van der Waals surface area contributed by atoms with E-state index in [0.29, 0.717) is 13.2 Å². The van der Waals surface area contributed by atoms with Crippen molar-refractivity contribution in [3.8, 4) is 0 Å². The predicted molar refractivity (Wildman–Crippen MR) is 37.0 cm³/mol. The van der Waals surface area contributed by atoms with E-state index >= 15 is 0 Å². The Hall–Kier alpha value is -0.0800. The third-order valence-corrected chi connectivity index (χ3v) is 0.834. The van der Waals surface area contributed by atoms with E-state index in [0.717, 1.165) is 13.0 Å². The molecule has 0 aromatic heterocycles. The molecule has 0 rings (SSSR count). The molecule has 0 saturated heterocycles. The molecule has 0 aromatic rings. The van der Waals surface area contributed by atoms with Crippen LogP contribution in [0.3, 0.4) is 0 Å². The maximum absolute atomic E-state index is 5.04. The Bertz CT molecular complexity index is 40.2. The van der Waals surface area contributed by atoms with Crippen LogP contribution in [-0.2, 0) is 9.47 Å². The molecule has 0 heterocycles. The normalized spacial score (nSPS) is 10.0. The highest BCUT2D eigenvalue weighted by molar-refractivity contribution is 4.42. The summed E-state index contributed by atoms with van der Waals surface area (Å²) in [5.41, 5.74) is 0. The zero-order valence-electron chi connectivity index (χ0n) is 6.22. The van der Waals surface area contributed by atoms with Crippen molar-refractivity contribution in [1.29, 1.82) is 0 Å². The van der Waals surface area contributed by atoms with Crippen molar-refractivity contribution < 1.29 is 9.47 Å². The summed E-state index contributed by atoms with van der Waals surface area (Å²) in [6.45, 7) is 7.97. The number of hydrogen-bond acceptors (Lipinski definition) is 2. The van der Waals surface area contributed by atoms with Crippen LogP contribution in [0.15, 0.2) is 0 Å². The molecule has 9 heavy (non-hydrogen) atoms. The summed E-state index contributed by atoms with van der Waals surface area (Å²) in [7, 11) is 0. The molecule has 0 aliphatic rings. The fourth-order valence-corrected chi connectivity index (χ4v) is 0.453. The van der Waals surface area contributed by atoms with Crippen molar-refractivity contribution in [1.82, 2.24) is 0 Å². The highest BCUT2D eigenvalue weighted by Gasteiger charge is 1.84. The molecular formula is C7H15O2. The zero-order valence-corrected chi connectivity index (χ0v) is 6.22. The van der Waals surface area contributed by atoms with E-state index in [2.05, 4.69) is 0 Å². The van der Waals surface area contributed by atoms with Crippen molar-refractivity contribution in [3.05, 3.63) is 6.61 Å². The monoisotopic (exact) mass is 131 g/mol. The van der Waals surface area contributed by atoms with Gasteiger partial charge in [0.2, 0.25) is 0 Å². The molecule has 0 aliphatic carbocycles. The predicted octanol–water partition coefficient (Wildman–Crippen LogP) is 1.61. The zero-order chi connectivity index (χ0) is 6.95. The topological polar surface area (TPSA) is 18.5 Å². The first kappa shape index (κ1) is 8.92. The lowest BCUT2D eigenvalue weighted by molar-refractivity contribution is 0.0775. The van der Waals surface area contributed by atoms with Crippen LogP contribution in [0.5, 0.6) is 0 Å². The molecule has 0 spiro atoms. The van der Waals surface area contributed by atoms with Gasteiger partial charge in [-0.3, -0.25) is 0 Å². The van der Waals surface area contributed by atoms with Gasteiger partial charge in [-0.1, -0.05) is 6.92 Å². The van der Waals surface area contributed by atoms with Gasteiger partial charge in [-0.25, -0.2) is 0 Å². The first-order valence-corrected chi connectivity index (χ1v) is 3.42. The fourth-order valence-electron chi connectivity index (χ4n) is 0.453. The first-order chi connectivity index (χ1) is 4.41. The standard InChI is InChI=1S/C7H15O2/c1-3-5-9-7-6-8-4-2/h5H,3-4,6-7H2,1-2H3. The molecule has 0 aliphatic heterocycles. The van der Waals surface area contributed by atoms with E-state index in [-0.39, 0.29) is 0 Å². The van der Waals surface area contributed by atoms with E-state index in [1.807, 2.05) is 13.8 Å². The third-order valence-electron chi connectivity index (χ3n) is 0.834. The molecule has 55 valence electrons. The smallest absolute Gasteiger partial charge is 0.0835 e. The summed E-state index contributed by atoms with van der Waals surface area (Å²) in [5.74, 6) is 0. The van der Waals surface area contributed by atoms with E-state index in [4.69, 9.17) is 9.47 Å². The second kappa shape index (κ2) is 7.92. The average molecular weight is 131 g/mol. The summed E-state index contributed by atoms with van der Waals surface area (Å²) in [6, 6.07) is 0. The van der Waals surface area contributed by atoms with Crippen molar-refractivity contribution >= 4 is 0 Å². The highest BCUT2D eigenvalue weighted by Crippen LogP contribution is 1.86. The summed E-state index contributed by atoms with van der Waals surface area (Å²) in [5, 5.41) is 0. The SMILES string of the molecule is CC[CH]OCCOCC. The number of hydrogen-bond donors (Lipinski definition) is 0. The Labute approximate surface area is 57.2 Å². The molecule has 0 unspecified atom stereocenters. The van der Waals surface area contributed by atoms with E-state index < -0.39 is 0 Å². The van der Waals surface area contributed by atoms with Gasteiger partial charge in [-0.2, -0.15) is 0 Å². The molecule has 2 nitrogen and oxygen atoms in total. The van der Waals surface area contributed by atoms with Gasteiger partial charge in [0.25, 0.3) is 0 Å². The van der Waals surface area contributed by atoms with Gasteiger partial charge in [-0.15, -0.1) is 0 Å². The van der Waals surface area contributed by atoms with Crippen LogP contribution in [-0.4, -0.2) is 19.8 Å². The van der Waals surface area contributed by atoms with Crippen LogP contribution in [0.2, 0.25) is 0 Å². The number of rotatable bonds is 6. The fraction of sp³-hybridized carbons (Fsp3) is 0.857. The second-order valence-electron chi connectivity index (χ2n) is 1.64. The van der Waals surface area contributed by atoms with Crippen LogP contribution >= 0.6 is 0 Å². The molecule has 0 saturated carbocycles. The van der Waals surface area contributed by atoms with Gasteiger partial charge in [-0.05, 0) is 13.3 Å². The van der Waals surface area contributed by atoms with Crippen molar-refractivity contribution in [2.45, 2.75) is 20.3 Å². The minimum atomic E-state index is 0.682. The average Bonchev–Trinajstić information content (AvgIpc) is 1.89. The molecular weight excluding hydrogens is 116 g/mol. The third kappa shape index (κ3) is 7.92. The van der Waals surface area contributed by atoms with Crippen LogP contribution in [0.25, 0.3) is 0 Å². The largest absolute Gasteiger partial charge is 0.379 e. The van der Waals surface area contributed by atoms with Gasteiger partial charge in [0.05, 0.1) is 19.8 Å². The van der Waals surface area contributed by atoms with Gasteiger partial charge in [0, 0.05) is 6.61 Å². The lowest BCUT2D eigenvalue weighted by Gasteiger charge is -2.00. The van der Waals surface area contributed by atoms with Crippen molar-refractivity contribution in [2.75, 3.05) is 19.8 Å². The Morgan fingerprint density at radius 3 is 2.56 bits per heavy atom. The Morgan fingerprint density at radius 1 is 1.22 bits per heavy atom. The Kier molecular flexibility index (Phi) is 7.85. The van der Waals surface area contributed by atoms with Gasteiger partial charge >= 0.3 is 0 Å². The minimum Gasteiger partial charge on any atom is -0.379 e. The molecule has 0 bridgehead atoms. The van der Waals surface area contributed by atoms with Crippen LogP contribution in [0, 0.1) is 6.61 Å². The molecule has 0 aromatic carbocycles. The van der Waals surface area contributed by atoms with Crippen LogP contribution < -0.4 is 0 Å². The highest BCUT2D eigenvalue weighted by atomic mass is 16.5. The van der Waals surface area contributed by atoms with Crippen molar-refractivity contribution in [2.24, 2.45) is 0 Å². The minimum absolute atomic E-state index is 0.682. The lowest BCUT2D eigenvalue weighted by Crippen LogP contribution is -2.01. The Morgan fingerprint density at radius 2 is 2.00 bits per heavy atom. The van der Waals surface area contributed by atoms with Gasteiger partial charge in [0.1, 0.15) is 0 Å². The summed E-state index contributed by atoms with van der Waals surface area (Å²) >= 11 is 0. The second-order valence-corrected chi connectivity index (χ2v) is 1.64. The molecule has 0 atom stereocenters. The summed E-state index contributed by atoms with van der Waals surface area (Å²) < 4.78 is 10.1. The van der Waals surface area contributed by atoms with E-state index in [9.17, 15) is 0 Å². The molecule has 2 heteroatoms. The molecule has 1 radical (unpaired) electrons. The van der Waals surface area contributed by atoms with E-state index in [1.165, 1.54) is 0 Å². The van der Waals surface area contributed by atoms with E-state index in [1.54, 1.807) is 6.61 Å². The van der Waals surface area contributed by atoms with Crippen LogP contribution in [0.1, 0.15) is 20.3 Å². The molecule has 0 fully saturated rings. The maximum atomic E-state index is 5.04.